The first-order chi connectivity index (χ1) is 13.0. The van der Waals surface area contributed by atoms with Crippen molar-refractivity contribution in [2.24, 2.45) is 0 Å². The summed E-state index contributed by atoms with van der Waals surface area (Å²) in [5.41, 5.74) is -1.44. The summed E-state index contributed by atoms with van der Waals surface area (Å²) < 4.78 is 65.4. The number of halogens is 5. The highest BCUT2D eigenvalue weighted by Gasteiger charge is 2.30. The number of hydrogen-bond acceptors (Lipinski definition) is 2. The quantitative estimate of drug-likeness (QED) is 0.462. The molecule has 0 aromatic heterocycles. The third-order valence-electron chi connectivity index (χ3n) is 3.63. The molecule has 0 aliphatic carbocycles. The zero-order valence-corrected chi connectivity index (χ0v) is 14.5. The molecule has 0 fully saturated rings. The van der Waals surface area contributed by atoms with E-state index in [0.717, 1.165) is 42.5 Å². The van der Waals surface area contributed by atoms with E-state index < -0.39 is 35.2 Å². The normalized spacial score (nSPS) is 11.9. The first-order valence-electron chi connectivity index (χ1n) is 7.84. The first kappa shape index (κ1) is 21.0. The van der Waals surface area contributed by atoms with Gasteiger partial charge in [0.2, 0.25) is 0 Å². The third kappa shape index (κ3) is 5.12. The standard InChI is InChI=1S/C20H14F5NO2/c1-11(2)18(27)26-19(28)16(15-8-7-14(21)10-17(15)22)9-12-3-5-13(6-4-12)20(23,24)25/h3-10H,1H2,2H3,(H,26,27,28)/b16-9-. The maximum absolute atomic E-state index is 14.2. The van der Waals surface area contributed by atoms with Crippen molar-refractivity contribution in [1.82, 2.24) is 5.32 Å². The van der Waals surface area contributed by atoms with E-state index in [4.69, 9.17) is 0 Å². The molecule has 0 spiro atoms. The van der Waals surface area contributed by atoms with E-state index in [0.29, 0.717) is 6.07 Å². The number of benzene rings is 2. The Morgan fingerprint density at radius 1 is 1.00 bits per heavy atom. The average molecular weight is 395 g/mol. The zero-order chi connectivity index (χ0) is 21.1. The van der Waals surface area contributed by atoms with Gasteiger partial charge < -0.3 is 0 Å². The van der Waals surface area contributed by atoms with Crippen LogP contribution in [0.2, 0.25) is 0 Å². The molecule has 3 nitrogen and oxygen atoms in total. The predicted molar refractivity (Wildman–Crippen MR) is 93.6 cm³/mol. The zero-order valence-electron chi connectivity index (χ0n) is 14.5. The van der Waals surface area contributed by atoms with Crippen molar-refractivity contribution in [2.45, 2.75) is 13.1 Å². The minimum Gasteiger partial charge on any atom is -0.288 e. The maximum Gasteiger partial charge on any atom is 0.416 e. The molecule has 0 unspecified atom stereocenters. The van der Waals surface area contributed by atoms with Crippen molar-refractivity contribution in [3.63, 3.8) is 0 Å². The van der Waals surface area contributed by atoms with Crippen molar-refractivity contribution in [2.75, 3.05) is 0 Å². The van der Waals surface area contributed by atoms with Crippen LogP contribution in [0.25, 0.3) is 11.6 Å². The fourth-order valence-corrected chi connectivity index (χ4v) is 2.19. The fourth-order valence-electron chi connectivity index (χ4n) is 2.19. The largest absolute Gasteiger partial charge is 0.416 e. The second kappa shape index (κ2) is 8.16. The van der Waals surface area contributed by atoms with E-state index in [-0.39, 0.29) is 22.3 Å². The highest BCUT2D eigenvalue weighted by Crippen LogP contribution is 2.30. The average Bonchev–Trinajstić information content (AvgIpc) is 2.59. The first-order valence-corrected chi connectivity index (χ1v) is 7.84. The van der Waals surface area contributed by atoms with Crippen molar-refractivity contribution >= 4 is 23.5 Å². The van der Waals surface area contributed by atoms with Gasteiger partial charge in [-0.2, -0.15) is 13.2 Å². The van der Waals surface area contributed by atoms with Gasteiger partial charge in [-0.3, -0.25) is 14.9 Å². The van der Waals surface area contributed by atoms with Crippen LogP contribution in [0.1, 0.15) is 23.6 Å². The van der Waals surface area contributed by atoms with E-state index >= 15 is 0 Å². The molecule has 0 saturated heterocycles. The predicted octanol–water partition coefficient (Wildman–Crippen LogP) is 4.74. The van der Waals surface area contributed by atoms with Crippen molar-refractivity contribution < 1.29 is 31.5 Å². The molecule has 0 aliphatic heterocycles. The second-order valence-corrected chi connectivity index (χ2v) is 5.87. The van der Waals surface area contributed by atoms with Crippen LogP contribution in [0.15, 0.2) is 54.6 Å². The highest BCUT2D eigenvalue weighted by atomic mass is 19.4. The molecule has 0 radical (unpaired) electrons. The van der Waals surface area contributed by atoms with E-state index in [9.17, 15) is 31.5 Å². The van der Waals surface area contributed by atoms with Gasteiger partial charge >= 0.3 is 6.18 Å². The fraction of sp³-hybridized carbons (Fsp3) is 0.100. The molecule has 2 aromatic rings. The molecule has 2 aromatic carbocycles. The summed E-state index contributed by atoms with van der Waals surface area (Å²) in [6.45, 7) is 4.72. The highest BCUT2D eigenvalue weighted by molar-refractivity contribution is 6.28. The van der Waals surface area contributed by atoms with E-state index in [2.05, 4.69) is 6.58 Å². The van der Waals surface area contributed by atoms with E-state index in [1.54, 1.807) is 0 Å². The molecule has 0 atom stereocenters. The minimum absolute atomic E-state index is 0.0156. The second-order valence-electron chi connectivity index (χ2n) is 5.87. The van der Waals surface area contributed by atoms with Crippen LogP contribution in [-0.4, -0.2) is 11.8 Å². The molecule has 146 valence electrons. The summed E-state index contributed by atoms with van der Waals surface area (Å²) in [4.78, 5) is 24.1. The SMILES string of the molecule is C=C(C)C(=O)NC(=O)/C(=C\c1ccc(C(F)(F)F)cc1)c1ccc(F)cc1F. The molecule has 8 heteroatoms. The Bertz CT molecular complexity index is 960. The van der Waals surface area contributed by atoms with Gasteiger partial charge in [0.25, 0.3) is 11.8 Å². The van der Waals surface area contributed by atoms with Gasteiger partial charge in [-0.1, -0.05) is 18.7 Å². The molecule has 0 heterocycles. The lowest BCUT2D eigenvalue weighted by molar-refractivity contribution is -0.137. The summed E-state index contributed by atoms with van der Waals surface area (Å²) in [6, 6.07) is 6.20. The summed E-state index contributed by atoms with van der Waals surface area (Å²) in [7, 11) is 0. The van der Waals surface area contributed by atoms with Gasteiger partial charge in [-0.15, -0.1) is 0 Å². The van der Waals surface area contributed by atoms with Gasteiger partial charge in [0.15, 0.2) is 0 Å². The number of hydrogen-bond donors (Lipinski definition) is 1. The van der Waals surface area contributed by atoms with Gasteiger partial charge in [-0.05, 0) is 42.8 Å². The van der Waals surface area contributed by atoms with Crippen LogP contribution >= 0.6 is 0 Å². The Labute approximate surface area is 157 Å². The smallest absolute Gasteiger partial charge is 0.288 e. The molecule has 2 amide bonds. The Balaban J connectivity index is 2.51. The molecule has 28 heavy (non-hydrogen) atoms. The summed E-state index contributed by atoms with van der Waals surface area (Å²) in [6.07, 6.45) is -3.45. The molecule has 1 N–H and O–H groups in total. The third-order valence-corrected chi connectivity index (χ3v) is 3.63. The van der Waals surface area contributed by atoms with E-state index in [1.165, 1.54) is 6.92 Å². The molecular formula is C20H14F5NO2. The Morgan fingerprint density at radius 3 is 2.11 bits per heavy atom. The Kier molecular flexibility index (Phi) is 6.12. The van der Waals surface area contributed by atoms with Crippen molar-refractivity contribution in [1.29, 1.82) is 0 Å². The summed E-state index contributed by atoms with van der Waals surface area (Å²) in [5.74, 6) is -3.78. The van der Waals surface area contributed by atoms with Crippen LogP contribution in [0, 0.1) is 11.6 Å². The van der Waals surface area contributed by atoms with Crippen LogP contribution in [0.5, 0.6) is 0 Å². The maximum atomic E-state index is 14.2. The monoisotopic (exact) mass is 395 g/mol. The topological polar surface area (TPSA) is 46.2 Å². The van der Waals surface area contributed by atoms with Crippen LogP contribution in [0.4, 0.5) is 22.0 Å². The molecule has 0 aliphatic rings. The van der Waals surface area contributed by atoms with Crippen LogP contribution < -0.4 is 5.32 Å². The Hall–Kier alpha value is -3.29. The number of imide groups is 1. The molecule has 0 bridgehead atoms. The number of carbonyl (C=O) groups excluding carboxylic acids is 2. The van der Waals surface area contributed by atoms with Gasteiger partial charge in [0.1, 0.15) is 11.6 Å². The number of rotatable bonds is 4. The van der Waals surface area contributed by atoms with Crippen LogP contribution in [0.3, 0.4) is 0 Å². The lowest BCUT2D eigenvalue weighted by Gasteiger charge is -2.11. The summed E-state index contributed by atoms with van der Waals surface area (Å²) in [5, 5.41) is 1.99. The number of carbonyl (C=O) groups is 2. The minimum atomic E-state index is -4.54. The van der Waals surface area contributed by atoms with Crippen LogP contribution in [-0.2, 0) is 15.8 Å². The number of alkyl halides is 3. The van der Waals surface area contributed by atoms with E-state index in [1.807, 2.05) is 5.32 Å². The van der Waals surface area contributed by atoms with Gasteiger partial charge in [-0.25, -0.2) is 8.78 Å². The molecular weight excluding hydrogens is 381 g/mol. The Morgan fingerprint density at radius 2 is 1.61 bits per heavy atom. The number of nitrogens with one attached hydrogen (secondary N) is 1. The van der Waals surface area contributed by atoms with Crippen molar-refractivity contribution in [3.05, 3.63) is 82.9 Å². The molecule has 2 rings (SSSR count). The summed E-state index contributed by atoms with van der Waals surface area (Å²) >= 11 is 0. The van der Waals surface area contributed by atoms with Crippen molar-refractivity contribution in [3.8, 4) is 0 Å². The number of amides is 2. The molecule has 0 saturated carbocycles. The van der Waals surface area contributed by atoms with Gasteiger partial charge in [0.05, 0.1) is 11.1 Å². The lowest BCUT2D eigenvalue weighted by atomic mass is 10.0. The van der Waals surface area contributed by atoms with Gasteiger partial charge in [0, 0.05) is 17.2 Å². The lowest BCUT2D eigenvalue weighted by Crippen LogP contribution is -2.31.